The van der Waals surface area contributed by atoms with Crippen molar-refractivity contribution in [3.63, 3.8) is 0 Å². The fourth-order valence-electron chi connectivity index (χ4n) is 3.39. The van der Waals surface area contributed by atoms with Crippen LogP contribution in [0.4, 0.5) is 23.7 Å². The largest absolute Gasteiger partial charge is 0.416 e. The first kappa shape index (κ1) is 19.3. The first-order valence-corrected chi connectivity index (χ1v) is 9.10. The second-order valence-corrected chi connectivity index (χ2v) is 6.79. The van der Waals surface area contributed by atoms with E-state index in [1.54, 1.807) is 11.1 Å². The van der Waals surface area contributed by atoms with Crippen molar-refractivity contribution < 1.29 is 18.0 Å². The maximum Gasteiger partial charge on any atom is 0.416 e. The lowest BCUT2D eigenvalue weighted by atomic mass is 9.97. The number of aryl methyl sites for hydroxylation is 1. The monoisotopic (exact) mass is 380 g/mol. The molecule has 2 amide bonds. The molecule has 0 unspecified atom stereocenters. The van der Waals surface area contributed by atoms with E-state index in [0.29, 0.717) is 19.0 Å². The second-order valence-electron chi connectivity index (χ2n) is 6.79. The Morgan fingerprint density at radius 1 is 1.30 bits per heavy atom. The quantitative estimate of drug-likeness (QED) is 0.854. The Balaban J connectivity index is 1.53. The minimum atomic E-state index is -4.43. The van der Waals surface area contributed by atoms with Crippen LogP contribution in [0.25, 0.3) is 0 Å². The third kappa shape index (κ3) is 4.81. The Labute approximate surface area is 156 Å². The van der Waals surface area contributed by atoms with Crippen LogP contribution in [-0.4, -0.2) is 33.6 Å². The third-order valence-electron chi connectivity index (χ3n) is 4.92. The van der Waals surface area contributed by atoms with Crippen LogP contribution in [0.15, 0.2) is 36.7 Å². The lowest BCUT2D eigenvalue weighted by Gasteiger charge is -2.32. The molecular weight excluding hydrogens is 357 g/mol. The maximum atomic E-state index is 12.8. The van der Waals surface area contributed by atoms with E-state index < -0.39 is 11.7 Å². The Bertz CT molecular complexity index is 779. The van der Waals surface area contributed by atoms with Gasteiger partial charge in [-0.1, -0.05) is 13.0 Å². The van der Waals surface area contributed by atoms with Crippen molar-refractivity contribution in [1.82, 2.24) is 14.5 Å². The SMILES string of the molecule is CCc1nccn1CC1CCN(C(=O)Nc2cccc(C(F)(F)F)c2)CC1. The number of aromatic nitrogens is 2. The van der Waals surface area contributed by atoms with Crippen molar-refractivity contribution in [2.45, 2.75) is 38.9 Å². The summed E-state index contributed by atoms with van der Waals surface area (Å²) in [6.07, 6.45) is 1.95. The van der Waals surface area contributed by atoms with E-state index in [2.05, 4.69) is 21.8 Å². The molecule has 2 aromatic rings. The Kier molecular flexibility index (Phi) is 5.72. The Morgan fingerprint density at radius 3 is 2.70 bits per heavy atom. The lowest BCUT2D eigenvalue weighted by Crippen LogP contribution is -2.41. The van der Waals surface area contributed by atoms with Crippen molar-refractivity contribution in [1.29, 1.82) is 0 Å². The predicted molar refractivity (Wildman–Crippen MR) is 96.4 cm³/mol. The van der Waals surface area contributed by atoms with E-state index in [1.165, 1.54) is 12.1 Å². The molecule has 1 aromatic heterocycles. The molecule has 27 heavy (non-hydrogen) atoms. The zero-order valence-corrected chi connectivity index (χ0v) is 15.2. The number of hydrogen-bond donors (Lipinski definition) is 1. The standard InChI is InChI=1S/C19H23F3N4O/c1-2-17-23-8-11-26(17)13-14-6-9-25(10-7-14)18(27)24-16-5-3-4-15(12-16)19(20,21)22/h3-5,8,11-12,14H,2,6-7,9-10,13H2,1H3,(H,24,27). The number of carbonyl (C=O) groups is 1. The number of benzene rings is 1. The molecular formula is C19H23F3N4O. The van der Waals surface area contributed by atoms with Crippen LogP contribution < -0.4 is 5.32 Å². The first-order valence-electron chi connectivity index (χ1n) is 9.10. The van der Waals surface area contributed by atoms with Gasteiger partial charge in [-0.05, 0) is 37.0 Å². The summed E-state index contributed by atoms with van der Waals surface area (Å²) in [6.45, 7) is 4.13. The van der Waals surface area contributed by atoms with Crippen LogP contribution >= 0.6 is 0 Å². The number of piperidine rings is 1. The molecule has 0 atom stereocenters. The lowest BCUT2D eigenvalue weighted by molar-refractivity contribution is -0.137. The van der Waals surface area contributed by atoms with Crippen LogP contribution in [0.2, 0.25) is 0 Å². The van der Waals surface area contributed by atoms with E-state index in [0.717, 1.165) is 43.8 Å². The summed E-state index contributed by atoms with van der Waals surface area (Å²) in [7, 11) is 0. The maximum absolute atomic E-state index is 12.8. The zero-order valence-electron chi connectivity index (χ0n) is 15.2. The molecule has 1 aromatic carbocycles. The number of hydrogen-bond acceptors (Lipinski definition) is 2. The van der Waals surface area contributed by atoms with Gasteiger partial charge in [-0.3, -0.25) is 0 Å². The molecule has 1 saturated heterocycles. The Hall–Kier alpha value is -2.51. The molecule has 3 rings (SSSR count). The number of imidazole rings is 1. The van der Waals surface area contributed by atoms with Crippen LogP contribution in [0.1, 0.15) is 31.2 Å². The normalized spacial score (nSPS) is 15.8. The molecule has 0 saturated carbocycles. The van der Waals surface area contributed by atoms with Gasteiger partial charge in [0.2, 0.25) is 0 Å². The average molecular weight is 380 g/mol. The molecule has 2 heterocycles. The van der Waals surface area contributed by atoms with Crippen LogP contribution in [0.5, 0.6) is 0 Å². The number of likely N-dealkylation sites (tertiary alicyclic amines) is 1. The molecule has 0 aliphatic carbocycles. The van der Waals surface area contributed by atoms with Gasteiger partial charge in [-0.2, -0.15) is 13.2 Å². The third-order valence-corrected chi connectivity index (χ3v) is 4.92. The van der Waals surface area contributed by atoms with Crippen LogP contribution in [0, 0.1) is 5.92 Å². The number of anilines is 1. The number of carbonyl (C=O) groups excluding carboxylic acids is 1. The zero-order chi connectivity index (χ0) is 19.4. The predicted octanol–water partition coefficient (Wildman–Crippen LogP) is 4.41. The van der Waals surface area contributed by atoms with E-state index in [4.69, 9.17) is 0 Å². The highest BCUT2D eigenvalue weighted by atomic mass is 19.4. The second kappa shape index (κ2) is 8.02. The number of urea groups is 1. The summed E-state index contributed by atoms with van der Waals surface area (Å²) in [6, 6.07) is 4.34. The topological polar surface area (TPSA) is 50.2 Å². The molecule has 5 nitrogen and oxygen atoms in total. The van der Waals surface area contributed by atoms with Gasteiger partial charge in [0.1, 0.15) is 5.82 Å². The van der Waals surface area contributed by atoms with Gasteiger partial charge in [0.25, 0.3) is 0 Å². The molecule has 1 aliphatic heterocycles. The van der Waals surface area contributed by atoms with Gasteiger partial charge in [0, 0.05) is 44.1 Å². The number of nitrogens with one attached hydrogen (secondary N) is 1. The number of rotatable bonds is 4. The molecule has 0 spiro atoms. The first-order chi connectivity index (χ1) is 12.9. The van der Waals surface area contributed by atoms with Gasteiger partial charge in [-0.25, -0.2) is 9.78 Å². The van der Waals surface area contributed by atoms with E-state index in [9.17, 15) is 18.0 Å². The van der Waals surface area contributed by atoms with Crippen LogP contribution in [0.3, 0.4) is 0 Å². The molecule has 1 N–H and O–H groups in total. The van der Waals surface area contributed by atoms with Gasteiger partial charge in [-0.15, -0.1) is 0 Å². The summed E-state index contributed by atoms with van der Waals surface area (Å²) in [5, 5.41) is 2.57. The summed E-state index contributed by atoms with van der Waals surface area (Å²) in [5.41, 5.74) is -0.617. The smallest absolute Gasteiger partial charge is 0.335 e. The minimum Gasteiger partial charge on any atom is -0.335 e. The van der Waals surface area contributed by atoms with Crippen molar-refractivity contribution >= 4 is 11.7 Å². The van der Waals surface area contributed by atoms with Gasteiger partial charge < -0.3 is 14.8 Å². The minimum absolute atomic E-state index is 0.156. The number of nitrogens with zero attached hydrogens (tertiary/aromatic N) is 3. The summed E-state index contributed by atoms with van der Waals surface area (Å²) in [4.78, 5) is 18.4. The van der Waals surface area contributed by atoms with Crippen molar-refractivity contribution in [2.24, 2.45) is 5.92 Å². The highest BCUT2D eigenvalue weighted by Crippen LogP contribution is 2.30. The molecule has 1 fully saturated rings. The van der Waals surface area contributed by atoms with Crippen LogP contribution in [-0.2, 0) is 19.1 Å². The Morgan fingerprint density at radius 2 is 2.04 bits per heavy atom. The van der Waals surface area contributed by atoms with Gasteiger partial charge in [0.15, 0.2) is 0 Å². The summed E-state index contributed by atoms with van der Waals surface area (Å²) < 4.78 is 40.5. The molecule has 0 bridgehead atoms. The van der Waals surface area contributed by atoms with Crippen molar-refractivity contribution in [2.75, 3.05) is 18.4 Å². The van der Waals surface area contributed by atoms with Crippen molar-refractivity contribution in [3.05, 3.63) is 48.0 Å². The molecule has 8 heteroatoms. The highest BCUT2D eigenvalue weighted by Gasteiger charge is 2.31. The molecule has 1 aliphatic rings. The number of halogens is 3. The fraction of sp³-hybridized carbons (Fsp3) is 0.474. The van der Waals surface area contributed by atoms with Crippen molar-refractivity contribution in [3.8, 4) is 0 Å². The summed E-state index contributed by atoms with van der Waals surface area (Å²) >= 11 is 0. The van der Waals surface area contributed by atoms with E-state index in [1.807, 2.05) is 6.20 Å². The number of alkyl halides is 3. The number of amides is 2. The summed E-state index contributed by atoms with van der Waals surface area (Å²) in [5.74, 6) is 1.52. The van der Waals surface area contributed by atoms with Gasteiger partial charge in [0.05, 0.1) is 5.56 Å². The average Bonchev–Trinajstić information content (AvgIpc) is 3.09. The fourth-order valence-corrected chi connectivity index (χ4v) is 3.39. The molecule has 0 radical (unpaired) electrons. The van der Waals surface area contributed by atoms with Gasteiger partial charge >= 0.3 is 12.2 Å². The van der Waals surface area contributed by atoms with E-state index in [-0.39, 0.29) is 11.7 Å². The van der Waals surface area contributed by atoms with E-state index >= 15 is 0 Å². The molecule has 146 valence electrons. The highest BCUT2D eigenvalue weighted by molar-refractivity contribution is 5.89.